The molecule has 18 heavy (non-hydrogen) atoms. The lowest BCUT2D eigenvalue weighted by atomic mass is 10.1. The number of benzene rings is 1. The van der Waals surface area contributed by atoms with E-state index in [1.165, 1.54) is 0 Å². The molecule has 1 heterocycles. The van der Waals surface area contributed by atoms with Crippen LogP contribution < -0.4 is 5.32 Å². The van der Waals surface area contributed by atoms with Crippen molar-refractivity contribution < 1.29 is 8.42 Å². The smallest absolute Gasteiger partial charge is 0.182 e. The van der Waals surface area contributed by atoms with E-state index in [1.807, 2.05) is 19.9 Å². The number of fused-ring (bicyclic) bond motifs is 1. The van der Waals surface area contributed by atoms with E-state index in [4.69, 9.17) is 5.26 Å². The van der Waals surface area contributed by atoms with Crippen molar-refractivity contribution in [3.8, 4) is 6.07 Å². The van der Waals surface area contributed by atoms with E-state index in [9.17, 15) is 8.42 Å². The predicted octanol–water partition coefficient (Wildman–Crippen LogP) is 2.18. The molecule has 0 amide bonds. The third-order valence-electron chi connectivity index (χ3n) is 3.15. The fourth-order valence-electron chi connectivity index (χ4n) is 2.35. The molecule has 1 aromatic rings. The normalized spacial score (nSPS) is 20.6. The van der Waals surface area contributed by atoms with E-state index < -0.39 is 9.84 Å². The van der Waals surface area contributed by atoms with Crippen molar-refractivity contribution in [1.82, 2.24) is 0 Å². The topological polar surface area (TPSA) is 70.0 Å². The minimum Gasteiger partial charge on any atom is -0.380 e. The zero-order valence-corrected chi connectivity index (χ0v) is 11.3. The van der Waals surface area contributed by atoms with Gasteiger partial charge in [0.1, 0.15) is 0 Å². The van der Waals surface area contributed by atoms with Gasteiger partial charge in [-0.2, -0.15) is 5.26 Å². The van der Waals surface area contributed by atoms with Gasteiger partial charge in [-0.3, -0.25) is 0 Å². The fourth-order valence-corrected chi connectivity index (χ4v) is 4.21. The van der Waals surface area contributed by atoms with Gasteiger partial charge in [0.2, 0.25) is 0 Å². The highest BCUT2D eigenvalue weighted by atomic mass is 32.2. The summed E-state index contributed by atoms with van der Waals surface area (Å²) < 4.78 is 24.5. The summed E-state index contributed by atoms with van der Waals surface area (Å²) in [5.41, 5.74) is 2.59. The van der Waals surface area contributed by atoms with Crippen LogP contribution in [0.15, 0.2) is 17.0 Å². The second kappa shape index (κ2) is 4.62. The van der Waals surface area contributed by atoms with Crippen LogP contribution in [-0.2, 0) is 9.84 Å². The van der Waals surface area contributed by atoms with Gasteiger partial charge in [-0.05, 0) is 37.5 Å². The van der Waals surface area contributed by atoms with Crippen molar-refractivity contribution in [2.75, 3.05) is 11.1 Å². The van der Waals surface area contributed by atoms with Crippen molar-refractivity contribution in [1.29, 1.82) is 5.26 Å². The molecule has 1 atom stereocenters. The number of hydrogen-bond acceptors (Lipinski definition) is 4. The van der Waals surface area contributed by atoms with E-state index in [1.54, 1.807) is 6.07 Å². The number of nitriles is 1. The van der Waals surface area contributed by atoms with Gasteiger partial charge in [-0.1, -0.05) is 6.07 Å². The molecule has 5 heteroatoms. The van der Waals surface area contributed by atoms with Crippen LogP contribution in [0.1, 0.15) is 24.0 Å². The molecule has 0 saturated carbocycles. The van der Waals surface area contributed by atoms with E-state index in [0.717, 1.165) is 11.1 Å². The maximum Gasteiger partial charge on any atom is 0.182 e. The van der Waals surface area contributed by atoms with Crippen molar-refractivity contribution in [2.24, 2.45) is 0 Å². The molecule has 0 aliphatic carbocycles. The maximum atomic E-state index is 12.2. The molecule has 0 fully saturated rings. The molecule has 0 spiro atoms. The van der Waals surface area contributed by atoms with Gasteiger partial charge in [0, 0.05) is 12.5 Å². The summed E-state index contributed by atoms with van der Waals surface area (Å²) in [6.07, 6.45) is 0.927. The number of hydrogen-bond donors (Lipinski definition) is 1. The first-order valence-electron chi connectivity index (χ1n) is 5.91. The van der Waals surface area contributed by atoms with Crippen LogP contribution in [0.25, 0.3) is 0 Å². The first-order valence-corrected chi connectivity index (χ1v) is 7.57. The third kappa shape index (κ3) is 2.34. The number of nitrogens with one attached hydrogen (secondary N) is 1. The molecule has 4 nitrogen and oxygen atoms in total. The zero-order chi connectivity index (χ0) is 13.3. The minimum atomic E-state index is -3.24. The summed E-state index contributed by atoms with van der Waals surface area (Å²) in [4.78, 5) is 0.396. The summed E-state index contributed by atoms with van der Waals surface area (Å²) >= 11 is 0. The average molecular weight is 264 g/mol. The lowest BCUT2D eigenvalue weighted by Crippen LogP contribution is -2.34. The van der Waals surface area contributed by atoms with Crippen molar-refractivity contribution in [2.45, 2.75) is 37.6 Å². The lowest BCUT2D eigenvalue weighted by molar-refractivity contribution is 0.580. The molecule has 96 valence electrons. The van der Waals surface area contributed by atoms with Gasteiger partial charge in [-0.15, -0.1) is 0 Å². The Labute approximate surface area is 108 Å². The standard InChI is InChI=1S/C13H16N2O2S/c1-9-6-10(2)13-12(7-9)18(16,17)8-11(15-13)4-3-5-14/h6-7,11,15H,3-4,8H2,1-2H3. The molecule has 2 rings (SSSR count). The highest BCUT2D eigenvalue weighted by molar-refractivity contribution is 7.91. The number of nitrogens with zero attached hydrogens (tertiary/aromatic N) is 1. The van der Waals surface area contributed by atoms with Gasteiger partial charge in [0.25, 0.3) is 0 Å². The molecule has 1 aliphatic heterocycles. The van der Waals surface area contributed by atoms with Crippen LogP contribution in [0.2, 0.25) is 0 Å². The highest BCUT2D eigenvalue weighted by Gasteiger charge is 2.30. The van der Waals surface area contributed by atoms with Crippen molar-refractivity contribution >= 4 is 15.5 Å². The Bertz CT molecular complexity index is 615. The largest absolute Gasteiger partial charge is 0.380 e. The summed E-state index contributed by atoms with van der Waals surface area (Å²) in [6.45, 7) is 3.80. The number of sulfone groups is 1. The predicted molar refractivity (Wildman–Crippen MR) is 70.2 cm³/mol. The Morgan fingerprint density at radius 3 is 2.83 bits per heavy atom. The molecule has 0 saturated heterocycles. The molecule has 1 aliphatic rings. The Morgan fingerprint density at radius 2 is 2.17 bits per heavy atom. The SMILES string of the molecule is Cc1cc(C)c2c(c1)S(=O)(=O)CC(CCC#N)N2. The van der Waals surface area contributed by atoms with E-state index >= 15 is 0 Å². The van der Waals surface area contributed by atoms with Crippen LogP contribution in [-0.4, -0.2) is 20.2 Å². The van der Waals surface area contributed by atoms with Gasteiger partial charge < -0.3 is 5.32 Å². The van der Waals surface area contributed by atoms with Crippen LogP contribution in [0.4, 0.5) is 5.69 Å². The molecule has 1 aromatic carbocycles. The molecule has 1 N–H and O–H groups in total. The molecule has 0 radical (unpaired) electrons. The first-order chi connectivity index (χ1) is 8.44. The number of rotatable bonds is 2. The third-order valence-corrected chi connectivity index (χ3v) is 4.99. The Kier molecular flexibility index (Phi) is 3.31. The van der Waals surface area contributed by atoms with Crippen LogP contribution >= 0.6 is 0 Å². The fraction of sp³-hybridized carbons (Fsp3) is 0.462. The lowest BCUT2D eigenvalue weighted by Gasteiger charge is -2.28. The Hall–Kier alpha value is -1.54. The van der Waals surface area contributed by atoms with Crippen LogP contribution in [0.3, 0.4) is 0 Å². The molecular weight excluding hydrogens is 248 g/mol. The van der Waals surface area contributed by atoms with Gasteiger partial charge >= 0.3 is 0 Å². The van der Waals surface area contributed by atoms with Gasteiger partial charge in [0.15, 0.2) is 9.84 Å². The average Bonchev–Trinajstić information content (AvgIpc) is 2.27. The van der Waals surface area contributed by atoms with Crippen molar-refractivity contribution in [3.05, 3.63) is 23.3 Å². The van der Waals surface area contributed by atoms with Gasteiger partial charge in [-0.25, -0.2) is 8.42 Å². The molecular formula is C13H16N2O2S. The molecule has 0 aromatic heterocycles. The first kappa shape index (κ1) is 12.9. The highest BCUT2D eigenvalue weighted by Crippen LogP contribution is 2.33. The van der Waals surface area contributed by atoms with Crippen LogP contribution in [0, 0.1) is 25.2 Å². The quantitative estimate of drug-likeness (QED) is 0.888. The number of aryl methyl sites for hydroxylation is 2. The van der Waals surface area contributed by atoms with Gasteiger partial charge in [0.05, 0.1) is 22.4 Å². The second-order valence-electron chi connectivity index (χ2n) is 4.77. The minimum absolute atomic E-state index is 0.0740. The van der Waals surface area contributed by atoms with E-state index in [2.05, 4.69) is 11.4 Å². The van der Waals surface area contributed by atoms with E-state index in [-0.39, 0.29) is 11.8 Å². The Balaban J connectivity index is 2.44. The van der Waals surface area contributed by atoms with Crippen molar-refractivity contribution in [3.63, 3.8) is 0 Å². The molecule has 1 unspecified atom stereocenters. The van der Waals surface area contributed by atoms with E-state index in [0.29, 0.717) is 23.4 Å². The summed E-state index contributed by atoms with van der Waals surface area (Å²) in [5, 5.41) is 11.8. The number of anilines is 1. The monoisotopic (exact) mass is 264 g/mol. The Morgan fingerprint density at radius 1 is 1.44 bits per heavy atom. The summed E-state index contributed by atoms with van der Waals surface area (Å²) in [5.74, 6) is 0.0740. The summed E-state index contributed by atoms with van der Waals surface area (Å²) in [6, 6.07) is 5.57. The molecule has 0 bridgehead atoms. The van der Waals surface area contributed by atoms with Crippen LogP contribution in [0.5, 0.6) is 0 Å². The maximum absolute atomic E-state index is 12.2. The summed E-state index contributed by atoms with van der Waals surface area (Å²) in [7, 11) is -3.24. The zero-order valence-electron chi connectivity index (χ0n) is 10.5. The second-order valence-corrected chi connectivity index (χ2v) is 6.78.